The summed E-state index contributed by atoms with van der Waals surface area (Å²) in [5, 5.41) is 27.9. The summed E-state index contributed by atoms with van der Waals surface area (Å²) in [6.45, 7) is 9.95. The number of anilines is 3. The third-order valence-electron chi connectivity index (χ3n) is 13.5. The number of ether oxygens (including phenoxy) is 1. The average molecular weight is 946 g/mol. The summed E-state index contributed by atoms with van der Waals surface area (Å²) in [5.41, 5.74) is 4.85. The largest absolute Gasteiger partial charge is 1.00 e. The fourth-order valence-corrected chi connectivity index (χ4v) is 9.05. The summed E-state index contributed by atoms with van der Waals surface area (Å²) < 4.78 is 87.2. The molecule has 0 spiro atoms. The molecule has 6 unspecified atom stereocenters. The van der Waals surface area contributed by atoms with Crippen LogP contribution in [0.15, 0.2) is 43.4 Å². The van der Waals surface area contributed by atoms with Gasteiger partial charge in [-0.25, -0.2) is 61.0 Å². The Hall–Kier alpha value is -5.86. The van der Waals surface area contributed by atoms with E-state index in [1.165, 1.54) is 23.3 Å². The smallest absolute Gasteiger partial charge is 0.545 e. The number of aromatic nitrogens is 10. The SMILES string of the molecule is CCOC(=O)c1cnn(Cc2cnc(N3CC4C(C3)C4(F)F)nc2C)c1.Cc1nc(N2CC3C(C2)C3(F)F)ncc1CO.Cc1nc(N2CC3C(C2)C3(F)F)ncc1Cn1cc(C(=O)[O-])cn1.[Li+]. The molecule has 0 bridgehead atoms. The van der Waals surface area contributed by atoms with Gasteiger partial charge in [0.05, 0.1) is 85.7 Å². The first-order chi connectivity index (χ1) is 31.8. The Kier molecular flexibility index (Phi) is 13.0. The average Bonchev–Trinajstić information content (AvgIpc) is 3.89. The molecule has 3 aliphatic heterocycles. The molecule has 1 N–H and O–H groups in total. The van der Waals surface area contributed by atoms with Crippen LogP contribution in [0, 0.1) is 56.3 Å². The predicted octanol–water partition coefficient (Wildman–Crippen LogP) is -0.0149. The second kappa shape index (κ2) is 18.2. The van der Waals surface area contributed by atoms with E-state index in [2.05, 4.69) is 40.1 Å². The molecule has 25 heteroatoms. The van der Waals surface area contributed by atoms with Gasteiger partial charge in [0.15, 0.2) is 0 Å². The molecule has 18 nitrogen and oxygen atoms in total. The van der Waals surface area contributed by atoms with Gasteiger partial charge in [-0.05, 0) is 27.7 Å². The van der Waals surface area contributed by atoms with E-state index < -0.39 is 65.2 Å². The molecule has 0 aromatic carbocycles. The molecule has 5 aromatic heterocycles. The maximum Gasteiger partial charge on any atom is 1.00 e. The van der Waals surface area contributed by atoms with Crippen LogP contribution in [-0.2, 0) is 24.4 Å². The minimum absolute atomic E-state index is 0. The van der Waals surface area contributed by atoms with E-state index in [1.54, 1.807) is 60.0 Å². The molecule has 0 amide bonds. The number of esters is 1. The van der Waals surface area contributed by atoms with Crippen LogP contribution in [0.3, 0.4) is 0 Å². The fraction of sp³-hybridized carbons (Fsp3) is 0.535. The Morgan fingerprint density at radius 2 is 0.956 bits per heavy atom. The summed E-state index contributed by atoms with van der Waals surface area (Å²) in [6, 6.07) is 0. The molecule has 5 aromatic rings. The minimum atomic E-state index is -2.53. The van der Waals surface area contributed by atoms with Gasteiger partial charge in [0.2, 0.25) is 17.8 Å². The maximum atomic E-state index is 13.3. The first-order valence-electron chi connectivity index (χ1n) is 21.7. The van der Waals surface area contributed by atoms with Crippen molar-refractivity contribution in [2.45, 2.75) is 65.2 Å². The van der Waals surface area contributed by atoms with Gasteiger partial charge in [-0.2, -0.15) is 10.2 Å². The van der Waals surface area contributed by atoms with Gasteiger partial charge in [0.1, 0.15) is 0 Å². The Balaban J connectivity index is 0.000000140. The van der Waals surface area contributed by atoms with E-state index in [4.69, 9.17) is 9.84 Å². The molecule has 6 atom stereocenters. The Morgan fingerprint density at radius 3 is 1.26 bits per heavy atom. The number of halogens is 6. The van der Waals surface area contributed by atoms with Crippen LogP contribution in [0.25, 0.3) is 0 Å². The summed E-state index contributed by atoms with van der Waals surface area (Å²) in [5.74, 6) is -11.1. The van der Waals surface area contributed by atoms with Crippen molar-refractivity contribution in [3.8, 4) is 0 Å². The summed E-state index contributed by atoms with van der Waals surface area (Å²) >= 11 is 0. The molecule has 3 aliphatic carbocycles. The van der Waals surface area contributed by atoms with E-state index in [9.17, 15) is 41.0 Å². The van der Waals surface area contributed by atoms with Crippen LogP contribution < -0.4 is 38.7 Å². The van der Waals surface area contributed by atoms with Gasteiger partial charge in [-0.3, -0.25) is 9.36 Å². The van der Waals surface area contributed by atoms with Gasteiger partial charge in [-0.15, -0.1) is 0 Å². The van der Waals surface area contributed by atoms with Crippen molar-refractivity contribution in [3.05, 3.63) is 88.3 Å². The third-order valence-corrected chi connectivity index (χ3v) is 13.5. The number of carboxylic acid groups (broad SMARTS) is 1. The van der Waals surface area contributed by atoms with Crippen LogP contribution in [0.2, 0.25) is 0 Å². The molecule has 3 saturated carbocycles. The van der Waals surface area contributed by atoms with Crippen molar-refractivity contribution in [3.63, 3.8) is 0 Å². The number of aromatic carboxylic acids is 1. The molecular weight excluding hydrogens is 899 g/mol. The molecular formula is C43H46F6LiN13O5. The Morgan fingerprint density at radius 1 is 0.618 bits per heavy atom. The number of piperidine rings is 3. The molecule has 68 heavy (non-hydrogen) atoms. The number of carbonyl (C=O) groups is 2. The van der Waals surface area contributed by atoms with Crippen molar-refractivity contribution >= 4 is 29.8 Å². The maximum absolute atomic E-state index is 13.3. The normalized spacial score (nSPS) is 24.6. The standard InChI is InChI=1S/C17H19F2N5O2.C15H15F2N5O2.C11H13F2N3O.Li/c1-3-26-15(25)12-5-21-24(7-12)6-11-4-20-16(22-10(11)2)23-8-13-14(9-23)17(13,18)19;1-8-9(4-22-5-10(3-19-22)13(23)24)2-18-14(20-8)21-6-11-12(7-21)15(11,16)17;1-6-7(5-17)2-14-10(15-6)16-3-8-9(4-16)11(8,12)13;/h4-5,7,13-14H,3,6,8-9H2,1-2H3;2-3,5,11-12H,4,6-7H2,1H3,(H,23,24);2,8-9,17H,3-5H2,1H3;/q;;;+1/p-1. The van der Waals surface area contributed by atoms with Gasteiger partial charge in [0, 0.05) is 110 Å². The third kappa shape index (κ3) is 9.33. The second-order valence-corrected chi connectivity index (χ2v) is 17.7. The van der Waals surface area contributed by atoms with Crippen molar-refractivity contribution in [2.24, 2.45) is 35.5 Å². The second-order valence-electron chi connectivity index (χ2n) is 17.7. The quantitative estimate of drug-likeness (QED) is 0.105. The van der Waals surface area contributed by atoms with E-state index in [-0.39, 0.29) is 44.1 Å². The van der Waals surface area contributed by atoms with E-state index in [0.717, 1.165) is 16.8 Å². The molecule has 0 radical (unpaired) electrons. The number of aryl methyl sites for hydroxylation is 3. The van der Waals surface area contributed by atoms with Crippen molar-refractivity contribution in [2.75, 3.05) is 60.6 Å². The number of fused-ring (bicyclic) bond motifs is 3. The number of aliphatic hydroxyl groups is 1. The molecule has 356 valence electrons. The Bertz CT molecular complexity index is 2670. The van der Waals surface area contributed by atoms with E-state index >= 15 is 0 Å². The molecule has 3 saturated heterocycles. The van der Waals surface area contributed by atoms with E-state index in [0.29, 0.717) is 86.2 Å². The Labute approximate surface area is 397 Å². The van der Waals surface area contributed by atoms with Gasteiger partial charge in [-0.1, -0.05) is 0 Å². The van der Waals surface area contributed by atoms with Crippen LogP contribution in [0.4, 0.5) is 44.2 Å². The fourth-order valence-electron chi connectivity index (χ4n) is 9.05. The van der Waals surface area contributed by atoms with Crippen LogP contribution in [-0.4, -0.2) is 130 Å². The van der Waals surface area contributed by atoms with Gasteiger partial charge in [0.25, 0.3) is 17.8 Å². The van der Waals surface area contributed by atoms with Crippen molar-refractivity contribution in [1.82, 2.24) is 49.5 Å². The summed E-state index contributed by atoms with van der Waals surface area (Å²) in [7, 11) is 0. The molecule has 6 aliphatic rings. The minimum Gasteiger partial charge on any atom is -0.545 e. The topological polar surface area (TPSA) is 209 Å². The number of carboxylic acids is 1. The number of aliphatic hydroxyl groups excluding tert-OH is 1. The summed E-state index contributed by atoms with van der Waals surface area (Å²) in [4.78, 5) is 53.6. The van der Waals surface area contributed by atoms with Gasteiger partial charge < -0.3 is 34.4 Å². The van der Waals surface area contributed by atoms with Crippen molar-refractivity contribution < 1.29 is 69.7 Å². The molecule has 8 heterocycles. The zero-order chi connectivity index (χ0) is 47.7. The zero-order valence-electron chi connectivity index (χ0n) is 37.7. The molecule has 6 fully saturated rings. The molecule has 11 rings (SSSR count). The van der Waals surface area contributed by atoms with Crippen LogP contribution in [0.5, 0.6) is 0 Å². The summed E-state index contributed by atoms with van der Waals surface area (Å²) in [6.07, 6.45) is 10.5. The van der Waals surface area contributed by atoms with Crippen molar-refractivity contribution in [1.29, 1.82) is 0 Å². The number of hydrogen-bond donors (Lipinski definition) is 1. The zero-order valence-corrected chi connectivity index (χ0v) is 37.7. The number of rotatable bonds is 11. The monoisotopic (exact) mass is 945 g/mol. The predicted molar refractivity (Wildman–Crippen MR) is 222 cm³/mol. The van der Waals surface area contributed by atoms with Crippen LogP contribution in [0.1, 0.15) is 61.4 Å². The number of nitrogens with zero attached hydrogens (tertiary/aromatic N) is 13. The number of hydrogen-bond acceptors (Lipinski definition) is 16. The first-order valence-corrected chi connectivity index (χ1v) is 21.7. The first kappa shape index (κ1) is 48.6. The number of alkyl halides is 6. The van der Waals surface area contributed by atoms with Gasteiger partial charge >= 0.3 is 24.8 Å². The van der Waals surface area contributed by atoms with E-state index in [1.807, 2.05) is 11.8 Å². The van der Waals surface area contributed by atoms with Crippen LogP contribution >= 0.6 is 0 Å². The number of carbonyl (C=O) groups excluding carboxylic acids is 2.